The number of nitrogens with zero attached hydrogens (tertiary/aromatic N) is 4. The van der Waals surface area contributed by atoms with E-state index in [9.17, 15) is 9.59 Å². The van der Waals surface area contributed by atoms with Crippen LogP contribution in [0.25, 0.3) is 22.8 Å². The van der Waals surface area contributed by atoms with E-state index >= 15 is 0 Å². The van der Waals surface area contributed by atoms with Crippen molar-refractivity contribution < 1.29 is 14.3 Å². The quantitative estimate of drug-likeness (QED) is 0.486. The lowest BCUT2D eigenvalue weighted by Crippen LogP contribution is -2.37. The predicted octanol–water partition coefficient (Wildman–Crippen LogP) is 3.60. The summed E-state index contributed by atoms with van der Waals surface area (Å²) in [5.74, 6) is 0.650. The van der Waals surface area contributed by atoms with Gasteiger partial charge in [-0.2, -0.15) is 0 Å². The molecule has 0 aliphatic carbocycles. The van der Waals surface area contributed by atoms with Crippen molar-refractivity contribution in [3.8, 4) is 28.7 Å². The number of carbonyl (C=O) groups excluding carboxylic acids is 2. The molecule has 0 bridgehead atoms. The standard InChI is InChI=1S/C23H23N5O3/c1-4-6-17-16(14(3)29)12-19(26-17)18-7-8-24-22(27-18)15-11-20-23(25-13-15)31-10-9-28(20)21(30)5-2/h5,7-8,11-13,26H,2,4,6,9-10H2,1,3H3. The first-order valence-electron chi connectivity index (χ1n) is 10.1. The second-order valence-electron chi connectivity index (χ2n) is 7.24. The molecule has 0 aromatic carbocycles. The van der Waals surface area contributed by atoms with Gasteiger partial charge in [-0.15, -0.1) is 0 Å². The van der Waals surface area contributed by atoms with Gasteiger partial charge in [0.25, 0.3) is 5.91 Å². The molecule has 1 amide bonds. The van der Waals surface area contributed by atoms with Crippen LogP contribution in [0, 0.1) is 0 Å². The van der Waals surface area contributed by atoms with Crippen LogP contribution in [0.5, 0.6) is 5.88 Å². The third-order valence-electron chi connectivity index (χ3n) is 5.09. The SMILES string of the molecule is C=CC(=O)N1CCOc2ncc(-c3nccc(-c4cc(C(C)=O)c(CCC)[nH]4)n3)cc21. The zero-order chi connectivity index (χ0) is 22.0. The average Bonchev–Trinajstić information content (AvgIpc) is 3.22. The van der Waals surface area contributed by atoms with E-state index < -0.39 is 0 Å². The summed E-state index contributed by atoms with van der Waals surface area (Å²) in [6.45, 7) is 7.99. The molecule has 0 fully saturated rings. The number of pyridine rings is 1. The maximum Gasteiger partial charge on any atom is 0.250 e. The molecule has 0 saturated carbocycles. The van der Waals surface area contributed by atoms with Gasteiger partial charge in [0.05, 0.1) is 17.9 Å². The summed E-state index contributed by atoms with van der Waals surface area (Å²) in [6, 6.07) is 5.42. The number of aromatic nitrogens is 4. The monoisotopic (exact) mass is 417 g/mol. The molecular weight excluding hydrogens is 394 g/mol. The number of aryl methyl sites for hydroxylation is 1. The van der Waals surface area contributed by atoms with Crippen molar-refractivity contribution in [3.05, 3.63) is 54.5 Å². The lowest BCUT2D eigenvalue weighted by molar-refractivity contribution is -0.114. The van der Waals surface area contributed by atoms with Crippen molar-refractivity contribution in [1.82, 2.24) is 19.9 Å². The minimum absolute atomic E-state index is 0.0195. The summed E-state index contributed by atoms with van der Waals surface area (Å²) < 4.78 is 5.58. The van der Waals surface area contributed by atoms with E-state index in [1.54, 1.807) is 36.4 Å². The van der Waals surface area contributed by atoms with Crippen LogP contribution in [-0.2, 0) is 11.2 Å². The van der Waals surface area contributed by atoms with E-state index in [2.05, 4.69) is 33.4 Å². The Labute approximate surface area is 180 Å². The molecule has 0 saturated heterocycles. The molecule has 4 heterocycles. The maximum absolute atomic E-state index is 12.2. The zero-order valence-corrected chi connectivity index (χ0v) is 17.5. The Balaban J connectivity index is 1.73. The van der Waals surface area contributed by atoms with Gasteiger partial charge in [-0.1, -0.05) is 19.9 Å². The average molecular weight is 417 g/mol. The maximum atomic E-state index is 12.2. The number of Topliss-reactive ketones (excluding diaryl/α,β-unsaturated/α-hetero) is 1. The van der Waals surface area contributed by atoms with Crippen LogP contribution in [0.2, 0.25) is 0 Å². The Hall–Kier alpha value is -3.81. The molecule has 8 heteroatoms. The highest BCUT2D eigenvalue weighted by atomic mass is 16.5. The normalized spacial score (nSPS) is 12.8. The lowest BCUT2D eigenvalue weighted by atomic mass is 10.1. The summed E-state index contributed by atoms with van der Waals surface area (Å²) in [5.41, 5.74) is 4.24. The van der Waals surface area contributed by atoms with Crippen LogP contribution in [0.3, 0.4) is 0 Å². The number of ketones is 1. The molecule has 3 aromatic heterocycles. The molecule has 0 spiro atoms. The van der Waals surface area contributed by atoms with E-state index in [1.807, 2.05) is 6.07 Å². The number of aromatic amines is 1. The third-order valence-corrected chi connectivity index (χ3v) is 5.09. The van der Waals surface area contributed by atoms with Gasteiger partial charge in [0.1, 0.15) is 12.3 Å². The second kappa shape index (κ2) is 8.51. The van der Waals surface area contributed by atoms with Gasteiger partial charge in [-0.25, -0.2) is 15.0 Å². The Bertz CT molecular complexity index is 1170. The van der Waals surface area contributed by atoms with E-state index in [4.69, 9.17) is 4.74 Å². The molecule has 4 rings (SSSR count). The van der Waals surface area contributed by atoms with Crippen molar-refractivity contribution in [1.29, 1.82) is 0 Å². The number of ether oxygens (including phenoxy) is 1. The molecule has 1 aliphatic rings. The van der Waals surface area contributed by atoms with Gasteiger partial charge < -0.3 is 14.6 Å². The molecule has 1 aliphatic heterocycles. The Kier molecular flexibility index (Phi) is 5.62. The van der Waals surface area contributed by atoms with Gasteiger partial charge in [0.2, 0.25) is 5.88 Å². The Morgan fingerprint density at radius 3 is 2.90 bits per heavy atom. The summed E-state index contributed by atoms with van der Waals surface area (Å²) >= 11 is 0. The fourth-order valence-electron chi connectivity index (χ4n) is 3.61. The Morgan fingerprint density at radius 1 is 1.32 bits per heavy atom. The number of hydrogen-bond donors (Lipinski definition) is 1. The number of fused-ring (bicyclic) bond motifs is 1. The number of rotatable bonds is 6. The molecule has 0 unspecified atom stereocenters. The molecular formula is C23H23N5O3. The van der Waals surface area contributed by atoms with E-state index in [1.165, 1.54) is 6.08 Å². The van der Waals surface area contributed by atoms with Crippen LogP contribution < -0.4 is 9.64 Å². The topological polar surface area (TPSA) is 101 Å². The van der Waals surface area contributed by atoms with Crippen molar-refractivity contribution in [2.75, 3.05) is 18.1 Å². The van der Waals surface area contributed by atoms with Crippen molar-refractivity contribution in [3.63, 3.8) is 0 Å². The highest BCUT2D eigenvalue weighted by Crippen LogP contribution is 2.33. The van der Waals surface area contributed by atoms with Crippen molar-refractivity contribution in [2.24, 2.45) is 0 Å². The number of nitrogens with one attached hydrogen (secondary N) is 1. The molecule has 158 valence electrons. The fraction of sp³-hybridized carbons (Fsp3) is 0.261. The third kappa shape index (κ3) is 3.96. The summed E-state index contributed by atoms with van der Waals surface area (Å²) in [5, 5.41) is 0. The van der Waals surface area contributed by atoms with Crippen LogP contribution in [-0.4, -0.2) is 44.8 Å². The van der Waals surface area contributed by atoms with E-state index in [0.717, 1.165) is 24.2 Å². The van der Waals surface area contributed by atoms with E-state index in [0.29, 0.717) is 47.4 Å². The molecule has 0 radical (unpaired) electrons. The summed E-state index contributed by atoms with van der Waals surface area (Å²) in [6.07, 6.45) is 6.27. The second-order valence-corrected chi connectivity index (χ2v) is 7.24. The minimum atomic E-state index is -0.218. The lowest BCUT2D eigenvalue weighted by Gasteiger charge is -2.28. The van der Waals surface area contributed by atoms with Crippen LogP contribution in [0.4, 0.5) is 5.69 Å². The van der Waals surface area contributed by atoms with Gasteiger partial charge in [0.15, 0.2) is 11.6 Å². The van der Waals surface area contributed by atoms with Crippen molar-refractivity contribution in [2.45, 2.75) is 26.7 Å². The van der Waals surface area contributed by atoms with Gasteiger partial charge in [-0.05, 0) is 37.6 Å². The predicted molar refractivity (Wildman–Crippen MR) is 117 cm³/mol. The number of carbonyl (C=O) groups is 2. The number of anilines is 1. The van der Waals surface area contributed by atoms with E-state index in [-0.39, 0.29) is 11.7 Å². The summed E-state index contributed by atoms with van der Waals surface area (Å²) in [4.78, 5) is 42.5. The van der Waals surface area contributed by atoms with Gasteiger partial charge in [0, 0.05) is 29.2 Å². The number of amides is 1. The largest absolute Gasteiger partial charge is 0.474 e. The molecule has 3 aromatic rings. The first-order chi connectivity index (χ1) is 15.0. The highest BCUT2D eigenvalue weighted by Gasteiger charge is 2.24. The Morgan fingerprint density at radius 2 is 2.16 bits per heavy atom. The van der Waals surface area contributed by atoms with Gasteiger partial charge in [-0.3, -0.25) is 9.59 Å². The van der Waals surface area contributed by atoms with Crippen LogP contribution in [0.1, 0.15) is 36.3 Å². The molecule has 31 heavy (non-hydrogen) atoms. The minimum Gasteiger partial charge on any atom is -0.474 e. The highest BCUT2D eigenvalue weighted by molar-refractivity contribution is 6.02. The first-order valence-corrected chi connectivity index (χ1v) is 10.1. The molecule has 1 N–H and O–H groups in total. The number of hydrogen-bond acceptors (Lipinski definition) is 6. The summed E-state index contributed by atoms with van der Waals surface area (Å²) in [7, 11) is 0. The van der Waals surface area contributed by atoms with Crippen molar-refractivity contribution >= 4 is 17.4 Å². The van der Waals surface area contributed by atoms with Gasteiger partial charge >= 0.3 is 0 Å². The van der Waals surface area contributed by atoms with Crippen LogP contribution in [0.15, 0.2) is 43.2 Å². The first kappa shape index (κ1) is 20.5. The van der Waals surface area contributed by atoms with Crippen LogP contribution >= 0.6 is 0 Å². The number of H-pyrrole nitrogens is 1. The smallest absolute Gasteiger partial charge is 0.250 e. The molecule has 0 atom stereocenters. The zero-order valence-electron chi connectivity index (χ0n) is 17.5. The molecule has 8 nitrogen and oxygen atoms in total. The fourth-order valence-corrected chi connectivity index (χ4v) is 3.61.